The summed E-state index contributed by atoms with van der Waals surface area (Å²) in [6.45, 7) is 5.71. The van der Waals surface area contributed by atoms with Gasteiger partial charge in [0.05, 0.1) is 6.54 Å². The Morgan fingerprint density at radius 1 is 1.00 bits per heavy atom. The quantitative estimate of drug-likeness (QED) is 0.890. The Hall–Kier alpha value is -2.66. The molecule has 1 N–H and O–H groups in total. The Morgan fingerprint density at radius 2 is 1.75 bits per heavy atom. The van der Waals surface area contributed by atoms with Crippen molar-refractivity contribution in [3.05, 3.63) is 64.7 Å². The van der Waals surface area contributed by atoms with Gasteiger partial charge in [0.1, 0.15) is 0 Å². The van der Waals surface area contributed by atoms with E-state index in [2.05, 4.69) is 34.5 Å². The lowest BCUT2D eigenvalue weighted by Gasteiger charge is -2.28. The van der Waals surface area contributed by atoms with Crippen LogP contribution in [0.3, 0.4) is 0 Å². The van der Waals surface area contributed by atoms with Crippen LogP contribution in [0.1, 0.15) is 39.9 Å². The molecule has 0 atom stereocenters. The van der Waals surface area contributed by atoms with Gasteiger partial charge in [-0.2, -0.15) is 0 Å². The van der Waals surface area contributed by atoms with Gasteiger partial charge in [-0.15, -0.1) is 0 Å². The van der Waals surface area contributed by atoms with E-state index in [0.717, 1.165) is 56.7 Å². The second-order valence-corrected chi connectivity index (χ2v) is 7.81. The smallest absolute Gasteiger partial charge is 0.253 e. The zero-order chi connectivity index (χ0) is 19.5. The number of nitrogens with zero attached hydrogens (tertiary/aromatic N) is 2. The minimum atomic E-state index is -0.0129. The normalized spacial score (nSPS) is 16.7. The third-order valence-corrected chi connectivity index (χ3v) is 5.72. The molecule has 5 nitrogen and oxygen atoms in total. The molecule has 0 radical (unpaired) electrons. The first-order valence-corrected chi connectivity index (χ1v) is 10.1. The predicted octanol–water partition coefficient (Wildman–Crippen LogP) is 3.23. The lowest BCUT2D eigenvalue weighted by Crippen LogP contribution is -2.37. The number of likely N-dealkylation sites (tertiary alicyclic amines) is 1. The second kappa shape index (κ2) is 8.15. The second-order valence-electron chi connectivity index (χ2n) is 7.81. The molecule has 2 aromatic rings. The average Bonchev–Trinajstić information content (AvgIpc) is 3.23. The van der Waals surface area contributed by atoms with Gasteiger partial charge in [-0.05, 0) is 61.1 Å². The van der Waals surface area contributed by atoms with Gasteiger partial charge in [-0.1, -0.05) is 24.3 Å². The lowest BCUT2D eigenvalue weighted by atomic mass is 10.00. The molecular formula is C23H27N3O2. The van der Waals surface area contributed by atoms with Crippen molar-refractivity contribution in [3.63, 3.8) is 0 Å². The fourth-order valence-electron chi connectivity index (χ4n) is 4.12. The number of nitrogens with one attached hydrogen (secondary N) is 1. The maximum Gasteiger partial charge on any atom is 0.253 e. The van der Waals surface area contributed by atoms with E-state index < -0.39 is 0 Å². The SMILES string of the molecule is Cc1cc(C(=O)N2CCCC2)ccc1NC(=O)CN1CCc2ccccc2C1. The van der Waals surface area contributed by atoms with Crippen LogP contribution in [-0.4, -0.2) is 47.8 Å². The fourth-order valence-corrected chi connectivity index (χ4v) is 4.12. The van der Waals surface area contributed by atoms with Crippen molar-refractivity contribution < 1.29 is 9.59 Å². The first kappa shape index (κ1) is 18.7. The highest BCUT2D eigenvalue weighted by atomic mass is 16.2. The lowest BCUT2D eigenvalue weighted by molar-refractivity contribution is -0.117. The number of aryl methyl sites for hydroxylation is 1. The molecule has 0 unspecified atom stereocenters. The summed E-state index contributed by atoms with van der Waals surface area (Å²) in [6, 6.07) is 14.0. The van der Waals surface area contributed by atoms with E-state index >= 15 is 0 Å². The maximum absolute atomic E-state index is 12.5. The van der Waals surface area contributed by atoms with Crippen LogP contribution in [-0.2, 0) is 17.8 Å². The molecule has 0 bridgehead atoms. The number of anilines is 1. The number of amides is 2. The van der Waals surface area contributed by atoms with Crippen molar-refractivity contribution in [1.29, 1.82) is 0 Å². The Morgan fingerprint density at radius 3 is 2.50 bits per heavy atom. The highest BCUT2D eigenvalue weighted by Crippen LogP contribution is 2.21. The molecule has 146 valence electrons. The molecular weight excluding hydrogens is 350 g/mol. The Bertz CT molecular complexity index is 887. The molecule has 0 spiro atoms. The number of hydrogen-bond acceptors (Lipinski definition) is 3. The summed E-state index contributed by atoms with van der Waals surface area (Å²) in [4.78, 5) is 29.2. The summed E-state index contributed by atoms with van der Waals surface area (Å²) in [5.74, 6) is 0.0755. The molecule has 0 saturated carbocycles. The largest absolute Gasteiger partial charge is 0.339 e. The van der Waals surface area contributed by atoms with Crippen LogP contribution in [0.2, 0.25) is 0 Å². The van der Waals surface area contributed by atoms with Gasteiger partial charge in [0.15, 0.2) is 0 Å². The molecule has 2 aliphatic heterocycles. The number of carbonyl (C=O) groups is 2. The summed E-state index contributed by atoms with van der Waals surface area (Å²) in [7, 11) is 0. The van der Waals surface area contributed by atoms with Crippen LogP contribution in [0.4, 0.5) is 5.69 Å². The van der Waals surface area contributed by atoms with Crippen molar-refractivity contribution in [2.75, 3.05) is 31.5 Å². The van der Waals surface area contributed by atoms with E-state index in [1.807, 2.05) is 30.0 Å². The van der Waals surface area contributed by atoms with E-state index in [1.54, 1.807) is 0 Å². The number of carbonyl (C=O) groups excluding carboxylic acids is 2. The Balaban J connectivity index is 1.36. The molecule has 2 heterocycles. The highest BCUT2D eigenvalue weighted by molar-refractivity contribution is 5.97. The Labute approximate surface area is 166 Å². The summed E-state index contributed by atoms with van der Waals surface area (Å²) < 4.78 is 0. The van der Waals surface area contributed by atoms with Gasteiger partial charge < -0.3 is 10.2 Å². The third-order valence-electron chi connectivity index (χ3n) is 5.72. The minimum absolute atomic E-state index is 0.0129. The number of hydrogen-bond donors (Lipinski definition) is 1. The zero-order valence-electron chi connectivity index (χ0n) is 16.4. The van der Waals surface area contributed by atoms with Crippen molar-refractivity contribution >= 4 is 17.5 Å². The van der Waals surface area contributed by atoms with Gasteiger partial charge in [0.25, 0.3) is 5.91 Å². The molecule has 2 amide bonds. The third kappa shape index (κ3) is 4.09. The molecule has 28 heavy (non-hydrogen) atoms. The first-order chi connectivity index (χ1) is 13.6. The van der Waals surface area contributed by atoms with Crippen molar-refractivity contribution in [2.45, 2.75) is 32.7 Å². The van der Waals surface area contributed by atoms with E-state index in [0.29, 0.717) is 12.1 Å². The van der Waals surface area contributed by atoms with Crippen molar-refractivity contribution in [3.8, 4) is 0 Å². The van der Waals surface area contributed by atoms with Gasteiger partial charge in [0, 0.05) is 37.4 Å². The fraction of sp³-hybridized carbons (Fsp3) is 0.391. The number of rotatable bonds is 4. The first-order valence-electron chi connectivity index (χ1n) is 10.1. The van der Waals surface area contributed by atoms with Crippen LogP contribution in [0.5, 0.6) is 0 Å². The van der Waals surface area contributed by atoms with E-state index in [-0.39, 0.29) is 11.8 Å². The van der Waals surface area contributed by atoms with Gasteiger partial charge in [0.2, 0.25) is 5.91 Å². The molecule has 0 aliphatic carbocycles. The summed E-state index contributed by atoms with van der Waals surface area (Å²) >= 11 is 0. The Kier molecular flexibility index (Phi) is 5.44. The van der Waals surface area contributed by atoms with Crippen LogP contribution < -0.4 is 5.32 Å². The molecule has 4 rings (SSSR count). The van der Waals surface area contributed by atoms with E-state index in [4.69, 9.17) is 0 Å². The molecule has 1 fully saturated rings. The monoisotopic (exact) mass is 377 g/mol. The van der Waals surface area contributed by atoms with Gasteiger partial charge in [-0.25, -0.2) is 0 Å². The number of fused-ring (bicyclic) bond motifs is 1. The molecule has 2 aliphatic rings. The predicted molar refractivity (Wildman–Crippen MR) is 110 cm³/mol. The molecule has 0 aromatic heterocycles. The van der Waals surface area contributed by atoms with Gasteiger partial charge >= 0.3 is 0 Å². The van der Waals surface area contributed by atoms with E-state index in [1.165, 1.54) is 11.1 Å². The maximum atomic E-state index is 12.5. The van der Waals surface area contributed by atoms with Crippen molar-refractivity contribution in [1.82, 2.24) is 9.80 Å². The topological polar surface area (TPSA) is 52.7 Å². The molecule has 2 aromatic carbocycles. The van der Waals surface area contributed by atoms with Gasteiger partial charge in [-0.3, -0.25) is 14.5 Å². The highest BCUT2D eigenvalue weighted by Gasteiger charge is 2.21. The summed E-state index contributed by atoms with van der Waals surface area (Å²) in [5, 5.41) is 3.01. The standard InChI is InChI=1S/C23H27N3O2/c1-17-14-19(23(28)26-11-4-5-12-26)8-9-21(17)24-22(27)16-25-13-10-18-6-2-3-7-20(18)15-25/h2-3,6-9,14H,4-5,10-13,15-16H2,1H3,(H,24,27). The van der Waals surface area contributed by atoms with Crippen LogP contribution >= 0.6 is 0 Å². The zero-order valence-corrected chi connectivity index (χ0v) is 16.4. The van der Waals surface area contributed by atoms with E-state index in [9.17, 15) is 9.59 Å². The minimum Gasteiger partial charge on any atom is -0.339 e. The number of benzene rings is 2. The van der Waals surface area contributed by atoms with Crippen molar-refractivity contribution in [2.24, 2.45) is 0 Å². The molecule has 1 saturated heterocycles. The van der Waals surface area contributed by atoms with Crippen LogP contribution in [0.25, 0.3) is 0 Å². The van der Waals surface area contributed by atoms with Crippen LogP contribution in [0, 0.1) is 6.92 Å². The van der Waals surface area contributed by atoms with Crippen LogP contribution in [0.15, 0.2) is 42.5 Å². The summed E-state index contributed by atoms with van der Waals surface area (Å²) in [5.41, 5.74) is 5.09. The molecule has 5 heteroatoms. The average molecular weight is 377 g/mol. The summed E-state index contributed by atoms with van der Waals surface area (Å²) in [6.07, 6.45) is 3.15.